The van der Waals surface area contributed by atoms with Crippen LogP contribution in [-0.2, 0) is 25.9 Å². The van der Waals surface area contributed by atoms with Gasteiger partial charge in [-0.05, 0) is 13.3 Å². The maximum absolute atomic E-state index is 12.9. The van der Waals surface area contributed by atoms with Crippen LogP contribution in [0.2, 0.25) is 0 Å². The summed E-state index contributed by atoms with van der Waals surface area (Å²) >= 11 is 1.35. The summed E-state index contributed by atoms with van der Waals surface area (Å²) in [6, 6.07) is 0. The van der Waals surface area contributed by atoms with E-state index in [-0.39, 0.29) is 10.7 Å². The third-order valence-corrected chi connectivity index (χ3v) is 5.89. The summed E-state index contributed by atoms with van der Waals surface area (Å²) in [5.41, 5.74) is -0.876. The number of aromatic nitrogens is 6. The molecule has 9 nitrogen and oxygen atoms in total. The smallest absolute Gasteiger partial charge is 0.332 e. The molecule has 0 amide bonds. The molecule has 3 rings (SSSR count). The highest BCUT2D eigenvalue weighted by Gasteiger charge is 2.26. The van der Waals surface area contributed by atoms with E-state index in [1.165, 1.54) is 23.4 Å². The summed E-state index contributed by atoms with van der Waals surface area (Å²) in [5, 5.41) is 4.64. The van der Waals surface area contributed by atoms with Crippen LogP contribution in [0, 0.1) is 0 Å². The van der Waals surface area contributed by atoms with Crippen LogP contribution in [0.25, 0.3) is 11.0 Å². The van der Waals surface area contributed by atoms with E-state index in [9.17, 15) is 9.59 Å². The number of thioether (sulfide) groups is 1. The van der Waals surface area contributed by atoms with Crippen molar-refractivity contribution in [1.82, 2.24) is 29.2 Å². The zero-order chi connectivity index (χ0) is 22.2. The Morgan fingerprint density at radius 1 is 1.10 bits per heavy atom. The number of aryl methyl sites for hydroxylation is 2. The molecule has 30 heavy (non-hydrogen) atoms. The lowest BCUT2D eigenvalue weighted by molar-refractivity contribution is 0.374. The van der Waals surface area contributed by atoms with Gasteiger partial charge in [0, 0.05) is 25.9 Å². The van der Waals surface area contributed by atoms with Gasteiger partial charge < -0.3 is 4.52 Å². The van der Waals surface area contributed by atoms with Gasteiger partial charge in [-0.2, -0.15) is 4.98 Å². The number of hydrogen-bond acceptors (Lipinski definition) is 8. The molecule has 0 fully saturated rings. The van der Waals surface area contributed by atoms with Gasteiger partial charge >= 0.3 is 5.69 Å². The molecule has 0 radical (unpaired) electrons. The predicted molar refractivity (Wildman–Crippen MR) is 116 cm³/mol. The lowest BCUT2D eigenvalue weighted by atomic mass is 9.96. The van der Waals surface area contributed by atoms with Gasteiger partial charge in [-0.1, -0.05) is 51.0 Å². The Bertz CT molecular complexity index is 1190. The van der Waals surface area contributed by atoms with Crippen LogP contribution >= 0.6 is 11.8 Å². The molecule has 0 aliphatic heterocycles. The molecule has 0 saturated carbocycles. The summed E-state index contributed by atoms with van der Waals surface area (Å²) in [6.45, 7) is 10.0. The third-order valence-electron chi connectivity index (χ3n) is 4.81. The molecule has 162 valence electrons. The van der Waals surface area contributed by atoms with E-state index in [0.717, 1.165) is 23.8 Å². The molecule has 0 N–H and O–H groups in total. The first-order valence-electron chi connectivity index (χ1n) is 10.0. The summed E-state index contributed by atoms with van der Waals surface area (Å²) in [7, 11) is 3.07. The van der Waals surface area contributed by atoms with E-state index in [4.69, 9.17) is 9.51 Å². The number of unbranched alkanes of at least 4 members (excludes halogenated alkanes) is 1. The fourth-order valence-corrected chi connectivity index (χ4v) is 3.90. The Hall–Kier alpha value is -2.49. The van der Waals surface area contributed by atoms with Crippen LogP contribution in [0.3, 0.4) is 0 Å². The van der Waals surface area contributed by atoms with Crippen molar-refractivity contribution in [2.24, 2.45) is 14.1 Å². The van der Waals surface area contributed by atoms with E-state index in [1.54, 1.807) is 7.05 Å². The first-order chi connectivity index (χ1) is 14.0. The average Bonchev–Trinajstić information content (AvgIpc) is 3.17. The predicted octanol–water partition coefficient (Wildman–Crippen LogP) is 2.90. The van der Waals surface area contributed by atoms with E-state index in [1.807, 2.05) is 27.7 Å². The monoisotopic (exact) mass is 432 g/mol. The molecule has 1 atom stereocenters. The van der Waals surface area contributed by atoms with Gasteiger partial charge in [0.25, 0.3) is 5.56 Å². The van der Waals surface area contributed by atoms with Crippen LogP contribution < -0.4 is 11.2 Å². The molecule has 0 aliphatic rings. The first-order valence-corrected chi connectivity index (χ1v) is 10.9. The minimum Gasteiger partial charge on any atom is -0.338 e. The summed E-state index contributed by atoms with van der Waals surface area (Å²) in [6.07, 6.45) is 2.82. The van der Waals surface area contributed by atoms with Gasteiger partial charge in [-0.15, -0.1) is 0 Å². The minimum atomic E-state index is -0.424. The van der Waals surface area contributed by atoms with Crippen molar-refractivity contribution in [3.05, 3.63) is 38.4 Å². The molecular formula is C20H28N6O3S. The van der Waals surface area contributed by atoms with E-state index in [2.05, 4.69) is 22.0 Å². The molecule has 0 aliphatic carbocycles. The molecule has 3 aromatic rings. The number of rotatable bonds is 6. The second-order valence-electron chi connectivity index (χ2n) is 8.42. The fourth-order valence-electron chi connectivity index (χ4n) is 2.94. The van der Waals surface area contributed by atoms with Gasteiger partial charge in [0.2, 0.25) is 5.89 Å². The van der Waals surface area contributed by atoms with Crippen molar-refractivity contribution in [2.45, 2.75) is 69.6 Å². The van der Waals surface area contributed by atoms with Crippen molar-refractivity contribution < 1.29 is 4.52 Å². The second-order valence-corrected chi connectivity index (χ2v) is 9.75. The van der Waals surface area contributed by atoms with Crippen molar-refractivity contribution in [3.63, 3.8) is 0 Å². The SMILES string of the molecule is CCCCc1noc(C(C)Sc2nc(C(C)(C)C)nc3c2c(=O)n(C)c(=O)n3C)n1. The molecule has 0 bridgehead atoms. The van der Waals surface area contributed by atoms with Crippen molar-refractivity contribution in [3.8, 4) is 0 Å². The van der Waals surface area contributed by atoms with Crippen LogP contribution in [-0.4, -0.2) is 29.2 Å². The van der Waals surface area contributed by atoms with E-state index >= 15 is 0 Å². The topological polar surface area (TPSA) is 109 Å². The van der Waals surface area contributed by atoms with Crippen molar-refractivity contribution in [1.29, 1.82) is 0 Å². The molecule has 0 aromatic carbocycles. The van der Waals surface area contributed by atoms with Crippen LogP contribution in [0.15, 0.2) is 19.1 Å². The Morgan fingerprint density at radius 2 is 1.80 bits per heavy atom. The molecule has 3 heterocycles. The number of hydrogen-bond donors (Lipinski definition) is 0. The second kappa shape index (κ2) is 8.33. The first kappa shape index (κ1) is 22.2. The third kappa shape index (κ3) is 4.19. The molecule has 10 heteroatoms. The zero-order valence-electron chi connectivity index (χ0n) is 18.5. The van der Waals surface area contributed by atoms with Crippen LogP contribution in [0.4, 0.5) is 0 Å². The highest BCUT2D eigenvalue weighted by atomic mass is 32.2. The molecule has 0 saturated heterocycles. The minimum absolute atomic E-state index is 0.222. The number of fused-ring (bicyclic) bond motifs is 1. The highest BCUT2D eigenvalue weighted by Crippen LogP contribution is 2.36. The largest absolute Gasteiger partial charge is 0.338 e. The Morgan fingerprint density at radius 3 is 2.43 bits per heavy atom. The Labute approximate surface area is 178 Å². The lowest BCUT2D eigenvalue weighted by Gasteiger charge is -2.20. The molecule has 1 unspecified atom stereocenters. The number of nitrogens with zero attached hydrogens (tertiary/aromatic N) is 6. The summed E-state index contributed by atoms with van der Waals surface area (Å²) in [4.78, 5) is 39.1. The van der Waals surface area contributed by atoms with Gasteiger partial charge in [-0.25, -0.2) is 14.8 Å². The van der Waals surface area contributed by atoms with Gasteiger partial charge in [0.1, 0.15) is 16.2 Å². The molecular weight excluding hydrogens is 404 g/mol. The standard InChI is InChI=1S/C20H28N6O3S/c1-8-9-10-12-21-15(29-24-12)11(2)30-16-13-14(22-18(23-16)20(3,4)5)25(6)19(28)26(7)17(13)27/h11H,8-10H2,1-7H3. The normalized spacial score (nSPS) is 13.2. The lowest BCUT2D eigenvalue weighted by Crippen LogP contribution is -2.38. The van der Waals surface area contributed by atoms with Gasteiger partial charge in [0.05, 0.1) is 5.25 Å². The quantitative estimate of drug-likeness (QED) is 0.432. The van der Waals surface area contributed by atoms with Gasteiger partial charge in [0.15, 0.2) is 11.5 Å². The molecule has 0 spiro atoms. The van der Waals surface area contributed by atoms with Crippen molar-refractivity contribution >= 4 is 22.8 Å². The average molecular weight is 433 g/mol. The molecule has 3 aromatic heterocycles. The van der Waals surface area contributed by atoms with Crippen LogP contribution in [0.5, 0.6) is 0 Å². The fraction of sp³-hybridized carbons (Fsp3) is 0.600. The zero-order valence-corrected chi connectivity index (χ0v) is 19.3. The Kier molecular flexibility index (Phi) is 6.16. The summed E-state index contributed by atoms with van der Waals surface area (Å²) in [5.74, 6) is 1.72. The maximum Gasteiger partial charge on any atom is 0.332 e. The Balaban J connectivity index is 2.13. The van der Waals surface area contributed by atoms with E-state index < -0.39 is 11.2 Å². The van der Waals surface area contributed by atoms with E-state index in [0.29, 0.717) is 33.6 Å². The van der Waals surface area contributed by atoms with Crippen LogP contribution in [0.1, 0.15) is 70.2 Å². The van der Waals surface area contributed by atoms with Crippen molar-refractivity contribution in [2.75, 3.05) is 0 Å². The summed E-state index contributed by atoms with van der Waals surface area (Å²) < 4.78 is 7.90. The highest BCUT2D eigenvalue weighted by molar-refractivity contribution is 7.99. The van der Waals surface area contributed by atoms with Gasteiger partial charge in [-0.3, -0.25) is 13.9 Å². The maximum atomic E-state index is 12.9.